The molecule has 0 aliphatic rings. The monoisotopic (exact) mass is 337 g/mol. The van der Waals surface area contributed by atoms with Crippen LogP contribution in [0, 0.1) is 18.3 Å². The van der Waals surface area contributed by atoms with Crippen LogP contribution in [0.15, 0.2) is 30.3 Å². The molecule has 0 spiro atoms. The van der Waals surface area contributed by atoms with E-state index in [1.54, 1.807) is 13.2 Å². The maximum absolute atomic E-state index is 12.4. The number of benzene rings is 2. The summed E-state index contributed by atoms with van der Waals surface area (Å²) < 4.78 is 10.6. The molecule has 0 saturated heterocycles. The Hall–Kier alpha value is -2.80. The van der Waals surface area contributed by atoms with Crippen molar-refractivity contribution in [2.24, 2.45) is 0 Å². The SMILES string of the molecule is COC(=O)c1c(C)c(-c2cccc(C#N)c2)cc(C(C)(C)C)c1OC. The smallest absolute Gasteiger partial charge is 0.341 e. The molecule has 0 saturated carbocycles. The van der Waals surface area contributed by atoms with Crippen LogP contribution < -0.4 is 4.74 Å². The first-order valence-corrected chi connectivity index (χ1v) is 8.05. The number of hydrogen-bond acceptors (Lipinski definition) is 4. The summed E-state index contributed by atoms with van der Waals surface area (Å²) in [6.45, 7) is 8.07. The Labute approximate surface area is 149 Å². The molecule has 2 aromatic rings. The van der Waals surface area contributed by atoms with Gasteiger partial charge in [-0.15, -0.1) is 0 Å². The third-order valence-electron chi connectivity index (χ3n) is 4.24. The van der Waals surface area contributed by atoms with Gasteiger partial charge in [-0.2, -0.15) is 5.26 Å². The molecule has 0 radical (unpaired) electrons. The number of rotatable bonds is 3. The number of nitrogens with zero attached hydrogens (tertiary/aromatic N) is 1. The Bertz CT molecular complexity index is 855. The average Bonchev–Trinajstić information content (AvgIpc) is 2.59. The van der Waals surface area contributed by atoms with E-state index in [0.717, 1.165) is 22.3 Å². The van der Waals surface area contributed by atoms with E-state index in [1.165, 1.54) is 7.11 Å². The quantitative estimate of drug-likeness (QED) is 0.766. The Kier molecular flexibility index (Phi) is 5.18. The summed E-state index contributed by atoms with van der Waals surface area (Å²) in [5.74, 6) is 0.107. The number of nitriles is 1. The molecule has 0 atom stereocenters. The van der Waals surface area contributed by atoms with Crippen LogP contribution in [0.3, 0.4) is 0 Å². The molecule has 4 heteroatoms. The summed E-state index contributed by atoms with van der Waals surface area (Å²) >= 11 is 0. The first-order chi connectivity index (χ1) is 11.7. The standard InChI is InChI=1S/C21H23NO3/c1-13-16(15-9-7-8-14(10-15)12-22)11-17(21(2,3)4)19(24-5)18(13)20(23)25-6/h7-11H,1-6H3. The highest BCUT2D eigenvalue weighted by Gasteiger charge is 2.28. The van der Waals surface area contributed by atoms with Gasteiger partial charge in [0.1, 0.15) is 11.3 Å². The van der Waals surface area contributed by atoms with Crippen molar-refractivity contribution in [1.29, 1.82) is 5.26 Å². The van der Waals surface area contributed by atoms with E-state index >= 15 is 0 Å². The van der Waals surface area contributed by atoms with E-state index < -0.39 is 5.97 Å². The van der Waals surface area contributed by atoms with Crippen LogP contribution in [0.5, 0.6) is 5.75 Å². The lowest BCUT2D eigenvalue weighted by atomic mass is 9.81. The zero-order valence-corrected chi connectivity index (χ0v) is 15.6. The third kappa shape index (κ3) is 3.51. The van der Waals surface area contributed by atoms with Crippen molar-refractivity contribution in [1.82, 2.24) is 0 Å². The van der Waals surface area contributed by atoms with Crippen molar-refractivity contribution in [2.45, 2.75) is 33.1 Å². The van der Waals surface area contributed by atoms with Gasteiger partial charge in [0.15, 0.2) is 0 Å². The van der Waals surface area contributed by atoms with Crippen LogP contribution in [-0.4, -0.2) is 20.2 Å². The van der Waals surface area contributed by atoms with E-state index in [1.807, 2.05) is 31.2 Å². The highest BCUT2D eigenvalue weighted by Crippen LogP contribution is 2.41. The predicted molar refractivity (Wildman–Crippen MR) is 97.9 cm³/mol. The van der Waals surface area contributed by atoms with Crippen LogP contribution in [0.1, 0.15) is 47.8 Å². The topological polar surface area (TPSA) is 59.3 Å². The predicted octanol–water partition coefficient (Wildman–Crippen LogP) is 4.63. The van der Waals surface area contributed by atoms with E-state index in [-0.39, 0.29) is 5.41 Å². The minimum absolute atomic E-state index is 0.233. The van der Waals surface area contributed by atoms with E-state index in [9.17, 15) is 10.1 Å². The number of esters is 1. The van der Waals surface area contributed by atoms with Crippen molar-refractivity contribution < 1.29 is 14.3 Å². The van der Waals surface area contributed by atoms with Crippen molar-refractivity contribution in [3.63, 3.8) is 0 Å². The zero-order chi connectivity index (χ0) is 18.8. The van der Waals surface area contributed by atoms with E-state index in [2.05, 4.69) is 26.8 Å². The zero-order valence-electron chi connectivity index (χ0n) is 15.6. The molecule has 4 nitrogen and oxygen atoms in total. The molecule has 2 aromatic carbocycles. The number of carbonyl (C=O) groups excluding carboxylic acids is 1. The van der Waals surface area contributed by atoms with Crippen LogP contribution in [0.2, 0.25) is 0 Å². The molecular formula is C21H23NO3. The summed E-state index contributed by atoms with van der Waals surface area (Å²) in [6, 6.07) is 11.5. The van der Waals surface area contributed by atoms with E-state index in [4.69, 9.17) is 9.47 Å². The van der Waals surface area contributed by atoms with Crippen molar-refractivity contribution in [3.8, 4) is 22.9 Å². The average molecular weight is 337 g/mol. The fourth-order valence-corrected chi connectivity index (χ4v) is 2.93. The molecule has 130 valence electrons. The highest BCUT2D eigenvalue weighted by atomic mass is 16.5. The maximum atomic E-state index is 12.4. The minimum atomic E-state index is -0.432. The molecule has 0 aliphatic heterocycles. The van der Waals surface area contributed by atoms with Gasteiger partial charge < -0.3 is 9.47 Å². The summed E-state index contributed by atoms with van der Waals surface area (Å²) in [5.41, 5.74) is 4.23. The van der Waals surface area contributed by atoms with Gasteiger partial charge in [-0.25, -0.2) is 4.79 Å². The van der Waals surface area contributed by atoms with Gasteiger partial charge in [-0.3, -0.25) is 0 Å². The lowest BCUT2D eigenvalue weighted by Crippen LogP contribution is -2.17. The summed E-state index contributed by atoms with van der Waals surface area (Å²) in [4.78, 5) is 12.4. The van der Waals surface area contributed by atoms with Crippen LogP contribution >= 0.6 is 0 Å². The van der Waals surface area contributed by atoms with Crippen molar-refractivity contribution in [3.05, 3.63) is 52.6 Å². The van der Waals surface area contributed by atoms with Gasteiger partial charge in [0.25, 0.3) is 0 Å². The molecule has 0 heterocycles. The Morgan fingerprint density at radius 2 is 1.84 bits per heavy atom. The normalized spacial score (nSPS) is 10.9. The third-order valence-corrected chi connectivity index (χ3v) is 4.24. The maximum Gasteiger partial charge on any atom is 0.341 e. The molecule has 0 N–H and O–H groups in total. The van der Waals surface area contributed by atoms with Crippen molar-refractivity contribution in [2.75, 3.05) is 14.2 Å². The lowest BCUT2D eigenvalue weighted by Gasteiger charge is -2.26. The van der Waals surface area contributed by atoms with Gasteiger partial charge in [0, 0.05) is 5.56 Å². The number of carbonyl (C=O) groups is 1. The van der Waals surface area contributed by atoms with Gasteiger partial charge >= 0.3 is 5.97 Å². The van der Waals surface area contributed by atoms with Gasteiger partial charge in [0.05, 0.1) is 25.9 Å². The fraction of sp³-hybridized carbons (Fsp3) is 0.333. The number of hydrogen-bond donors (Lipinski definition) is 0. The Morgan fingerprint density at radius 3 is 2.36 bits per heavy atom. The number of methoxy groups -OCH3 is 2. The fourth-order valence-electron chi connectivity index (χ4n) is 2.93. The van der Waals surface area contributed by atoms with E-state index in [0.29, 0.717) is 16.9 Å². The summed E-state index contributed by atoms with van der Waals surface area (Å²) in [7, 11) is 2.92. The first kappa shape index (κ1) is 18.5. The van der Waals surface area contributed by atoms with Gasteiger partial charge in [-0.1, -0.05) is 32.9 Å². The molecule has 2 rings (SSSR count). The molecule has 0 aliphatic carbocycles. The Morgan fingerprint density at radius 1 is 1.16 bits per heavy atom. The highest BCUT2D eigenvalue weighted by molar-refractivity contribution is 5.97. The summed E-state index contributed by atoms with van der Waals surface area (Å²) in [6.07, 6.45) is 0. The van der Waals surface area contributed by atoms with Crippen LogP contribution in [0.4, 0.5) is 0 Å². The second kappa shape index (κ2) is 6.98. The Balaban J connectivity index is 2.90. The lowest BCUT2D eigenvalue weighted by molar-refractivity contribution is 0.0596. The molecule has 25 heavy (non-hydrogen) atoms. The molecule has 0 bridgehead atoms. The molecule has 0 fully saturated rings. The molecule has 0 unspecified atom stereocenters. The first-order valence-electron chi connectivity index (χ1n) is 8.05. The largest absolute Gasteiger partial charge is 0.496 e. The molecule has 0 aromatic heterocycles. The van der Waals surface area contributed by atoms with Crippen LogP contribution in [0.25, 0.3) is 11.1 Å². The number of ether oxygens (including phenoxy) is 2. The van der Waals surface area contributed by atoms with Crippen LogP contribution in [-0.2, 0) is 10.2 Å². The van der Waals surface area contributed by atoms with Gasteiger partial charge in [-0.05, 0) is 47.2 Å². The molecular weight excluding hydrogens is 314 g/mol. The minimum Gasteiger partial charge on any atom is -0.496 e. The second-order valence-corrected chi connectivity index (χ2v) is 6.94. The second-order valence-electron chi connectivity index (χ2n) is 6.94. The molecule has 0 amide bonds. The summed E-state index contributed by atoms with van der Waals surface area (Å²) in [5, 5.41) is 9.18. The van der Waals surface area contributed by atoms with Crippen molar-refractivity contribution >= 4 is 5.97 Å². The van der Waals surface area contributed by atoms with Gasteiger partial charge in [0.2, 0.25) is 0 Å².